The molecule has 0 aliphatic carbocycles. The van der Waals surface area contributed by atoms with Crippen LogP contribution in [0, 0.1) is 13.8 Å². The zero-order valence-electron chi connectivity index (χ0n) is 23.0. The Hall–Kier alpha value is -4.76. The number of nitrogens with one attached hydrogen (secondary N) is 1. The van der Waals surface area contributed by atoms with Gasteiger partial charge in [0.2, 0.25) is 11.7 Å². The van der Waals surface area contributed by atoms with E-state index in [4.69, 9.17) is 4.74 Å². The molecule has 3 aromatic carbocycles. The normalized spacial score (nSPS) is 15.4. The molecule has 0 bridgehead atoms. The van der Waals surface area contributed by atoms with Crippen LogP contribution in [0.15, 0.2) is 84.1 Å². The molecule has 2 aromatic heterocycles. The van der Waals surface area contributed by atoms with Gasteiger partial charge in [-0.25, -0.2) is 9.97 Å². The minimum atomic E-state index is -0.925. The summed E-state index contributed by atoms with van der Waals surface area (Å²) in [6, 6.07) is 21.6. The quantitative estimate of drug-likeness (QED) is 0.209. The van der Waals surface area contributed by atoms with E-state index in [1.165, 1.54) is 16.2 Å². The molecule has 3 heterocycles. The second-order valence-electron chi connectivity index (χ2n) is 10.3. The van der Waals surface area contributed by atoms with Crippen LogP contribution in [0.1, 0.15) is 46.4 Å². The summed E-state index contributed by atoms with van der Waals surface area (Å²) in [4.78, 5) is 42.1. The van der Waals surface area contributed by atoms with E-state index in [1.807, 2.05) is 69.3 Å². The number of thiazole rings is 1. The van der Waals surface area contributed by atoms with Crippen LogP contribution in [0.25, 0.3) is 21.6 Å². The summed E-state index contributed by atoms with van der Waals surface area (Å²) < 4.78 is 5.81. The highest BCUT2D eigenvalue weighted by Crippen LogP contribution is 2.43. The number of Topliss-reactive ketones (excluding diaryl/α,β-unsaturated/α-hetero) is 1. The maximum absolute atomic E-state index is 14.2. The van der Waals surface area contributed by atoms with Gasteiger partial charge in [-0.05, 0) is 63.1 Å². The number of nitrogens with zero attached hydrogens (tertiary/aromatic N) is 3. The average Bonchev–Trinajstić information content (AvgIpc) is 3.62. The number of carbonyl (C=O) groups is 2. The molecule has 41 heavy (non-hydrogen) atoms. The number of aliphatic hydroxyl groups is 1. The van der Waals surface area contributed by atoms with E-state index in [0.29, 0.717) is 32.4 Å². The molecule has 0 radical (unpaired) electrons. The molecule has 0 spiro atoms. The lowest BCUT2D eigenvalue weighted by Crippen LogP contribution is -2.32. The number of imidazole rings is 1. The van der Waals surface area contributed by atoms with Crippen LogP contribution in [0.4, 0.5) is 5.95 Å². The largest absolute Gasteiger partial charge is 0.503 e. The molecular weight excluding hydrogens is 536 g/mol. The Morgan fingerprint density at radius 3 is 2.46 bits per heavy atom. The summed E-state index contributed by atoms with van der Waals surface area (Å²) in [6.07, 6.45) is -0.0152. The fraction of sp³-hybridized carbons (Fsp3) is 0.188. The molecule has 9 heteroatoms. The smallest absolute Gasteiger partial charge is 0.296 e. The molecule has 1 unspecified atom stereocenters. The monoisotopic (exact) mass is 564 g/mol. The number of aromatic amines is 1. The Kier molecular flexibility index (Phi) is 6.67. The van der Waals surface area contributed by atoms with Crippen LogP contribution in [0.5, 0.6) is 5.75 Å². The molecule has 0 saturated carbocycles. The van der Waals surface area contributed by atoms with Crippen molar-refractivity contribution in [1.82, 2.24) is 15.0 Å². The zero-order chi connectivity index (χ0) is 28.8. The highest BCUT2D eigenvalue weighted by Gasteiger charge is 2.46. The van der Waals surface area contributed by atoms with Crippen molar-refractivity contribution in [3.63, 3.8) is 0 Å². The molecule has 0 saturated heterocycles. The van der Waals surface area contributed by atoms with E-state index in [-0.39, 0.29) is 17.6 Å². The van der Waals surface area contributed by atoms with Crippen molar-refractivity contribution in [2.75, 3.05) is 4.90 Å². The van der Waals surface area contributed by atoms with Crippen LogP contribution >= 0.6 is 11.3 Å². The van der Waals surface area contributed by atoms with Crippen molar-refractivity contribution in [2.45, 2.75) is 39.8 Å². The lowest BCUT2D eigenvalue weighted by Gasteiger charge is -2.24. The number of aliphatic hydroxyl groups excluding tert-OH is 1. The van der Waals surface area contributed by atoms with Gasteiger partial charge >= 0.3 is 0 Å². The van der Waals surface area contributed by atoms with Crippen LogP contribution in [-0.2, 0) is 4.79 Å². The fourth-order valence-electron chi connectivity index (χ4n) is 5.03. The predicted molar refractivity (Wildman–Crippen MR) is 160 cm³/mol. The van der Waals surface area contributed by atoms with Gasteiger partial charge in [0.05, 0.1) is 39.3 Å². The van der Waals surface area contributed by atoms with Gasteiger partial charge in [-0.3, -0.25) is 14.5 Å². The highest BCUT2D eigenvalue weighted by molar-refractivity contribution is 7.17. The van der Waals surface area contributed by atoms with Crippen molar-refractivity contribution >= 4 is 40.0 Å². The van der Waals surface area contributed by atoms with Crippen molar-refractivity contribution < 1.29 is 19.4 Å². The minimum Gasteiger partial charge on any atom is -0.503 e. The molecule has 1 amide bonds. The SMILES string of the molecule is Cc1ccc2nc(N3C(=O)C(O)=C(C(=O)c4sc(-c5ccccc5)nc4C)C3c3ccc(OC(C)C)cc3)[nH]c2c1. The number of hydrogen-bond acceptors (Lipinski definition) is 7. The van der Waals surface area contributed by atoms with Crippen molar-refractivity contribution in [1.29, 1.82) is 0 Å². The number of fused-ring (bicyclic) bond motifs is 1. The standard InChI is InChI=1S/C32H28N4O4S/c1-17(2)40-22-13-11-20(12-14-22)26-25(27(37)29-19(4)33-30(41-29)21-8-6-5-7-9-21)28(38)31(39)36(26)32-34-23-15-10-18(3)16-24(23)35-32/h5-17,26,38H,1-4H3,(H,34,35). The number of amides is 1. The van der Waals surface area contributed by atoms with Crippen molar-refractivity contribution in [3.8, 4) is 16.3 Å². The summed E-state index contributed by atoms with van der Waals surface area (Å²) in [6.45, 7) is 7.60. The molecule has 0 fully saturated rings. The highest BCUT2D eigenvalue weighted by atomic mass is 32.1. The van der Waals surface area contributed by atoms with E-state index in [2.05, 4.69) is 15.0 Å². The third-order valence-corrected chi connectivity index (χ3v) is 8.10. The second kappa shape index (κ2) is 10.3. The lowest BCUT2D eigenvalue weighted by molar-refractivity contribution is -0.117. The minimum absolute atomic E-state index is 0.0152. The van der Waals surface area contributed by atoms with Crippen LogP contribution in [-0.4, -0.2) is 37.9 Å². The van der Waals surface area contributed by atoms with Gasteiger partial charge in [-0.1, -0.05) is 48.5 Å². The van der Waals surface area contributed by atoms with Gasteiger partial charge in [0.15, 0.2) is 5.76 Å². The van der Waals surface area contributed by atoms with E-state index >= 15 is 0 Å². The maximum atomic E-state index is 14.2. The molecule has 2 N–H and O–H groups in total. The van der Waals surface area contributed by atoms with Crippen LogP contribution < -0.4 is 9.64 Å². The number of benzene rings is 3. The van der Waals surface area contributed by atoms with Gasteiger partial charge in [0, 0.05) is 5.56 Å². The molecule has 8 nitrogen and oxygen atoms in total. The molecular formula is C32H28N4O4S. The number of ether oxygens (including phenoxy) is 1. The molecule has 206 valence electrons. The first-order chi connectivity index (χ1) is 19.7. The van der Waals surface area contributed by atoms with E-state index in [9.17, 15) is 14.7 Å². The number of H-pyrrole nitrogens is 1. The maximum Gasteiger partial charge on any atom is 0.296 e. The summed E-state index contributed by atoms with van der Waals surface area (Å²) in [7, 11) is 0. The number of aryl methyl sites for hydroxylation is 2. The average molecular weight is 565 g/mol. The van der Waals surface area contributed by atoms with Gasteiger partial charge in [-0.2, -0.15) is 0 Å². The van der Waals surface area contributed by atoms with Crippen molar-refractivity contribution in [2.24, 2.45) is 0 Å². The summed E-state index contributed by atoms with van der Waals surface area (Å²) in [5.41, 5.74) is 4.48. The summed E-state index contributed by atoms with van der Waals surface area (Å²) in [5.74, 6) is -0.862. The van der Waals surface area contributed by atoms with E-state index in [0.717, 1.165) is 16.6 Å². The van der Waals surface area contributed by atoms with Crippen LogP contribution in [0.2, 0.25) is 0 Å². The number of rotatable bonds is 7. The predicted octanol–water partition coefficient (Wildman–Crippen LogP) is 6.87. The Balaban J connectivity index is 1.47. The number of hydrogen-bond donors (Lipinski definition) is 2. The van der Waals surface area contributed by atoms with Gasteiger partial charge < -0.3 is 14.8 Å². The number of carbonyl (C=O) groups excluding carboxylic acids is 2. The number of anilines is 1. The lowest BCUT2D eigenvalue weighted by atomic mass is 9.95. The van der Waals surface area contributed by atoms with Gasteiger partial charge in [0.25, 0.3) is 5.91 Å². The molecule has 1 atom stereocenters. The second-order valence-corrected chi connectivity index (χ2v) is 11.3. The third-order valence-electron chi connectivity index (χ3n) is 6.90. The number of aromatic nitrogens is 3. The van der Waals surface area contributed by atoms with Gasteiger partial charge in [0.1, 0.15) is 10.8 Å². The molecule has 1 aliphatic rings. The first-order valence-electron chi connectivity index (χ1n) is 13.3. The van der Waals surface area contributed by atoms with Gasteiger partial charge in [-0.15, -0.1) is 11.3 Å². The number of ketones is 1. The Bertz CT molecular complexity index is 1820. The third kappa shape index (κ3) is 4.78. The van der Waals surface area contributed by atoms with Crippen LogP contribution in [0.3, 0.4) is 0 Å². The Morgan fingerprint density at radius 1 is 1.02 bits per heavy atom. The summed E-state index contributed by atoms with van der Waals surface area (Å²) >= 11 is 1.24. The Labute approximate surface area is 241 Å². The molecule has 1 aliphatic heterocycles. The molecule has 5 aromatic rings. The molecule has 6 rings (SSSR count). The van der Waals surface area contributed by atoms with Crippen molar-refractivity contribution in [3.05, 3.63) is 106 Å². The van der Waals surface area contributed by atoms with E-state index < -0.39 is 23.5 Å². The Morgan fingerprint density at radius 2 is 1.76 bits per heavy atom. The summed E-state index contributed by atoms with van der Waals surface area (Å²) in [5, 5.41) is 11.9. The van der Waals surface area contributed by atoms with E-state index in [1.54, 1.807) is 31.2 Å². The first-order valence-corrected chi connectivity index (χ1v) is 14.1. The zero-order valence-corrected chi connectivity index (χ0v) is 23.8. The first kappa shape index (κ1) is 26.5. The topological polar surface area (TPSA) is 108 Å². The fourth-order valence-corrected chi connectivity index (χ4v) is 6.06.